The van der Waals surface area contributed by atoms with Gasteiger partial charge in [-0.2, -0.15) is 0 Å². The second-order valence-electron chi connectivity index (χ2n) is 7.71. The molecule has 0 saturated carbocycles. The zero-order chi connectivity index (χ0) is 18.6. The fourth-order valence-electron chi connectivity index (χ4n) is 4.37. The SMILES string of the molecule is Cn1ccnc1C1CNCCN1C(=O)C1CCCN(Cc2ccccc2)C1. The Hall–Kier alpha value is -2.18. The van der Waals surface area contributed by atoms with E-state index in [0.29, 0.717) is 5.91 Å². The van der Waals surface area contributed by atoms with E-state index in [4.69, 9.17) is 0 Å². The van der Waals surface area contributed by atoms with Gasteiger partial charge in [0.2, 0.25) is 5.91 Å². The van der Waals surface area contributed by atoms with Crippen molar-refractivity contribution in [3.63, 3.8) is 0 Å². The van der Waals surface area contributed by atoms with Crippen LogP contribution in [0.15, 0.2) is 42.7 Å². The highest BCUT2D eigenvalue weighted by molar-refractivity contribution is 5.79. The van der Waals surface area contributed by atoms with Crippen molar-refractivity contribution in [2.45, 2.75) is 25.4 Å². The number of carbonyl (C=O) groups excluding carboxylic acids is 1. The third-order valence-corrected chi connectivity index (χ3v) is 5.79. The molecule has 1 N–H and O–H groups in total. The molecule has 0 radical (unpaired) electrons. The van der Waals surface area contributed by atoms with E-state index in [2.05, 4.69) is 44.4 Å². The highest BCUT2D eigenvalue weighted by atomic mass is 16.2. The van der Waals surface area contributed by atoms with Crippen LogP contribution in [0.3, 0.4) is 0 Å². The molecule has 2 aliphatic rings. The molecule has 3 heterocycles. The van der Waals surface area contributed by atoms with E-state index in [1.165, 1.54) is 5.56 Å². The number of aromatic nitrogens is 2. The Labute approximate surface area is 161 Å². The van der Waals surface area contributed by atoms with Crippen LogP contribution in [0, 0.1) is 5.92 Å². The smallest absolute Gasteiger partial charge is 0.227 e. The Bertz CT molecular complexity index is 759. The molecule has 6 heteroatoms. The number of rotatable bonds is 4. The van der Waals surface area contributed by atoms with Gasteiger partial charge in [0, 0.05) is 52.2 Å². The molecule has 2 aliphatic heterocycles. The predicted octanol–water partition coefficient (Wildman–Crippen LogP) is 1.81. The summed E-state index contributed by atoms with van der Waals surface area (Å²) in [6.45, 7) is 5.23. The average Bonchev–Trinajstić information content (AvgIpc) is 3.14. The molecule has 1 aromatic carbocycles. The minimum atomic E-state index is 0.0238. The van der Waals surface area contributed by atoms with Crippen LogP contribution < -0.4 is 5.32 Å². The minimum Gasteiger partial charge on any atom is -0.336 e. The molecule has 27 heavy (non-hydrogen) atoms. The molecule has 0 aliphatic carbocycles. The van der Waals surface area contributed by atoms with Gasteiger partial charge in [0.05, 0.1) is 5.92 Å². The first kappa shape index (κ1) is 18.2. The molecule has 4 rings (SSSR count). The van der Waals surface area contributed by atoms with E-state index < -0.39 is 0 Å². The number of nitrogens with zero attached hydrogens (tertiary/aromatic N) is 4. The van der Waals surface area contributed by atoms with E-state index in [1.807, 2.05) is 30.1 Å². The van der Waals surface area contributed by atoms with Crippen molar-refractivity contribution in [1.29, 1.82) is 0 Å². The summed E-state index contributed by atoms with van der Waals surface area (Å²) in [6.07, 6.45) is 5.84. The van der Waals surface area contributed by atoms with Gasteiger partial charge in [0.15, 0.2) is 0 Å². The molecule has 2 unspecified atom stereocenters. The third kappa shape index (κ3) is 4.06. The Morgan fingerprint density at radius 2 is 2.11 bits per heavy atom. The summed E-state index contributed by atoms with van der Waals surface area (Å²) in [5.74, 6) is 1.35. The Balaban J connectivity index is 1.45. The largest absolute Gasteiger partial charge is 0.336 e. The molecule has 0 spiro atoms. The van der Waals surface area contributed by atoms with Crippen molar-refractivity contribution >= 4 is 5.91 Å². The Morgan fingerprint density at radius 3 is 2.89 bits per heavy atom. The summed E-state index contributed by atoms with van der Waals surface area (Å²) in [7, 11) is 2.00. The Kier molecular flexibility index (Phi) is 5.55. The summed E-state index contributed by atoms with van der Waals surface area (Å²) in [6, 6.07) is 10.6. The fraction of sp³-hybridized carbons (Fsp3) is 0.524. The van der Waals surface area contributed by atoms with Gasteiger partial charge in [-0.05, 0) is 24.9 Å². The van der Waals surface area contributed by atoms with E-state index in [9.17, 15) is 4.79 Å². The molecule has 0 bridgehead atoms. The quantitative estimate of drug-likeness (QED) is 0.895. The zero-order valence-corrected chi connectivity index (χ0v) is 16.1. The lowest BCUT2D eigenvalue weighted by Crippen LogP contribution is -2.53. The number of carbonyl (C=O) groups is 1. The number of hydrogen-bond donors (Lipinski definition) is 1. The van der Waals surface area contributed by atoms with Crippen LogP contribution in [-0.4, -0.2) is 58.0 Å². The van der Waals surface area contributed by atoms with Crippen LogP contribution in [0.1, 0.15) is 30.3 Å². The maximum Gasteiger partial charge on any atom is 0.227 e. The van der Waals surface area contributed by atoms with E-state index in [0.717, 1.165) is 57.9 Å². The van der Waals surface area contributed by atoms with Crippen molar-refractivity contribution in [3.05, 3.63) is 54.1 Å². The molecule has 2 fully saturated rings. The maximum absolute atomic E-state index is 13.4. The summed E-state index contributed by atoms with van der Waals surface area (Å²) < 4.78 is 2.03. The molecule has 1 amide bonds. The first-order valence-corrected chi connectivity index (χ1v) is 9.97. The predicted molar refractivity (Wildman–Crippen MR) is 105 cm³/mol. The average molecular weight is 367 g/mol. The summed E-state index contributed by atoms with van der Waals surface area (Å²) >= 11 is 0. The monoisotopic (exact) mass is 367 g/mol. The van der Waals surface area contributed by atoms with Crippen LogP contribution in [0.5, 0.6) is 0 Å². The van der Waals surface area contributed by atoms with Crippen LogP contribution >= 0.6 is 0 Å². The fourth-order valence-corrected chi connectivity index (χ4v) is 4.37. The van der Waals surface area contributed by atoms with Crippen LogP contribution in [0.4, 0.5) is 0 Å². The molecule has 2 aromatic rings. The lowest BCUT2D eigenvalue weighted by molar-refractivity contribution is -0.141. The van der Waals surface area contributed by atoms with Gasteiger partial charge in [0.25, 0.3) is 0 Å². The topological polar surface area (TPSA) is 53.4 Å². The molecule has 2 atom stereocenters. The van der Waals surface area contributed by atoms with E-state index >= 15 is 0 Å². The summed E-state index contributed by atoms with van der Waals surface area (Å²) in [5.41, 5.74) is 1.32. The van der Waals surface area contributed by atoms with Crippen molar-refractivity contribution in [3.8, 4) is 0 Å². The molecule has 144 valence electrons. The van der Waals surface area contributed by atoms with Gasteiger partial charge in [-0.1, -0.05) is 30.3 Å². The lowest BCUT2D eigenvalue weighted by atomic mass is 9.95. The van der Waals surface area contributed by atoms with E-state index in [-0.39, 0.29) is 12.0 Å². The molecule has 6 nitrogen and oxygen atoms in total. The zero-order valence-electron chi connectivity index (χ0n) is 16.1. The molecular weight excluding hydrogens is 338 g/mol. The van der Waals surface area contributed by atoms with Gasteiger partial charge in [-0.25, -0.2) is 4.98 Å². The molecular formula is C21H29N5O. The first-order valence-electron chi connectivity index (χ1n) is 9.97. The second kappa shape index (κ2) is 8.23. The number of piperazine rings is 1. The number of likely N-dealkylation sites (tertiary alicyclic amines) is 1. The van der Waals surface area contributed by atoms with Crippen LogP contribution in [-0.2, 0) is 18.4 Å². The standard InChI is InChI=1S/C21H29N5O/c1-24-12-10-23-20(24)19-14-22-9-13-26(19)21(27)18-8-5-11-25(16-18)15-17-6-3-2-4-7-17/h2-4,6-7,10,12,18-19,22H,5,8-9,11,13-16H2,1H3. The molecule has 1 aromatic heterocycles. The number of piperidine rings is 1. The van der Waals surface area contributed by atoms with Gasteiger partial charge < -0.3 is 14.8 Å². The highest BCUT2D eigenvalue weighted by Gasteiger charge is 2.35. The maximum atomic E-state index is 13.4. The third-order valence-electron chi connectivity index (χ3n) is 5.79. The van der Waals surface area contributed by atoms with Gasteiger partial charge in [-0.3, -0.25) is 9.69 Å². The van der Waals surface area contributed by atoms with Gasteiger partial charge >= 0.3 is 0 Å². The van der Waals surface area contributed by atoms with Crippen LogP contribution in [0.25, 0.3) is 0 Å². The first-order chi connectivity index (χ1) is 13.2. The second-order valence-corrected chi connectivity index (χ2v) is 7.71. The highest BCUT2D eigenvalue weighted by Crippen LogP contribution is 2.26. The minimum absolute atomic E-state index is 0.0238. The number of imidazole rings is 1. The number of aryl methyl sites for hydroxylation is 1. The summed E-state index contributed by atoms with van der Waals surface area (Å²) in [5, 5.41) is 3.42. The van der Waals surface area contributed by atoms with Crippen molar-refractivity contribution < 1.29 is 4.79 Å². The van der Waals surface area contributed by atoms with E-state index in [1.54, 1.807) is 0 Å². The van der Waals surface area contributed by atoms with Gasteiger partial charge in [-0.15, -0.1) is 0 Å². The van der Waals surface area contributed by atoms with Crippen molar-refractivity contribution in [2.24, 2.45) is 13.0 Å². The number of benzene rings is 1. The Morgan fingerprint density at radius 1 is 1.26 bits per heavy atom. The van der Waals surface area contributed by atoms with Gasteiger partial charge in [0.1, 0.15) is 11.9 Å². The summed E-state index contributed by atoms with van der Waals surface area (Å²) in [4.78, 5) is 22.4. The van der Waals surface area contributed by atoms with Crippen molar-refractivity contribution in [1.82, 2.24) is 24.7 Å². The molecule has 2 saturated heterocycles. The van der Waals surface area contributed by atoms with Crippen LogP contribution in [0.2, 0.25) is 0 Å². The number of nitrogens with one attached hydrogen (secondary N) is 1. The van der Waals surface area contributed by atoms with Crippen molar-refractivity contribution in [2.75, 3.05) is 32.7 Å². The normalized spacial score (nSPS) is 24.1. The lowest BCUT2D eigenvalue weighted by Gasteiger charge is -2.40. The number of hydrogen-bond acceptors (Lipinski definition) is 4. The number of amides is 1.